The first kappa shape index (κ1) is 22.3. The third-order valence-corrected chi connectivity index (χ3v) is 7.35. The van der Waals surface area contributed by atoms with Crippen LogP contribution in [0.1, 0.15) is 52.4 Å². The van der Waals surface area contributed by atoms with Gasteiger partial charge in [0.25, 0.3) is 5.91 Å². The van der Waals surface area contributed by atoms with Crippen molar-refractivity contribution in [1.82, 2.24) is 9.80 Å². The topological polar surface area (TPSA) is 53.1 Å². The summed E-state index contributed by atoms with van der Waals surface area (Å²) in [6.45, 7) is 10.4. The number of rotatable bonds is 7. The smallest absolute Gasteiger partial charge is 0.251 e. The Morgan fingerprint density at radius 2 is 1.65 bits per heavy atom. The molecule has 3 fully saturated rings. The molecule has 0 spiro atoms. The highest BCUT2D eigenvalue weighted by Gasteiger charge is 2.43. The molecule has 0 bridgehead atoms. The number of carbonyl (C=O) groups excluding carboxylic acids is 2. The average Bonchev–Trinajstić information content (AvgIpc) is 3.08. The van der Waals surface area contributed by atoms with Gasteiger partial charge in [-0.15, -0.1) is 0 Å². The molecule has 0 saturated carbocycles. The Bertz CT molecular complexity index is 750. The summed E-state index contributed by atoms with van der Waals surface area (Å²) in [5, 5.41) is 0. The van der Waals surface area contributed by atoms with Crippen molar-refractivity contribution >= 4 is 17.5 Å². The van der Waals surface area contributed by atoms with Crippen LogP contribution in [0.4, 0.5) is 5.69 Å². The van der Waals surface area contributed by atoms with Gasteiger partial charge in [0.2, 0.25) is 5.91 Å². The van der Waals surface area contributed by atoms with E-state index in [0.29, 0.717) is 18.7 Å². The zero-order chi connectivity index (χ0) is 21.8. The van der Waals surface area contributed by atoms with E-state index in [9.17, 15) is 9.59 Å². The van der Waals surface area contributed by atoms with E-state index in [1.807, 2.05) is 19.1 Å². The van der Waals surface area contributed by atoms with Gasteiger partial charge in [0.05, 0.1) is 24.8 Å². The fourth-order valence-corrected chi connectivity index (χ4v) is 5.23. The molecule has 0 aliphatic carbocycles. The van der Waals surface area contributed by atoms with Crippen LogP contribution >= 0.6 is 0 Å². The summed E-state index contributed by atoms with van der Waals surface area (Å²) in [4.78, 5) is 32.0. The number of hydrogen-bond donors (Lipinski definition) is 0. The minimum absolute atomic E-state index is 0.0740. The Balaban J connectivity index is 1.27. The first-order valence-electron chi connectivity index (χ1n) is 12.1. The molecule has 1 atom stereocenters. The molecule has 170 valence electrons. The lowest BCUT2D eigenvalue weighted by Gasteiger charge is -2.36. The monoisotopic (exact) mass is 427 g/mol. The summed E-state index contributed by atoms with van der Waals surface area (Å²) in [5.41, 5.74) is 0.645. The third-order valence-electron chi connectivity index (χ3n) is 7.35. The zero-order valence-corrected chi connectivity index (χ0v) is 19.1. The van der Waals surface area contributed by atoms with Gasteiger partial charge in [-0.2, -0.15) is 0 Å². The maximum atomic E-state index is 13.1. The zero-order valence-electron chi connectivity index (χ0n) is 19.1. The molecule has 0 unspecified atom stereocenters. The van der Waals surface area contributed by atoms with Crippen LogP contribution in [0.2, 0.25) is 0 Å². The lowest BCUT2D eigenvalue weighted by Crippen LogP contribution is -2.46. The SMILES string of the molecule is CCOc1ccc(N2C(=O)C[C@H](N3CCC(CCN4CCC(C)CC4)CC3)C2=O)cc1. The number of carbonyl (C=O) groups is 2. The average molecular weight is 428 g/mol. The van der Waals surface area contributed by atoms with Crippen molar-refractivity contribution in [3.05, 3.63) is 24.3 Å². The number of ether oxygens (including phenoxy) is 1. The fourth-order valence-electron chi connectivity index (χ4n) is 5.23. The van der Waals surface area contributed by atoms with E-state index in [1.54, 1.807) is 12.1 Å². The van der Waals surface area contributed by atoms with E-state index in [-0.39, 0.29) is 17.9 Å². The Labute approximate surface area is 186 Å². The summed E-state index contributed by atoms with van der Waals surface area (Å²) in [7, 11) is 0. The molecule has 6 nitrogen and oxygen atoms in total. The minimum atomic E-state index is -0.302. The molecule has 6 heteroatoms. The van der Waals surface area contributed by atoms with Crippen LogP contribution in [0.5, 0.6) is 5.75 Å². The number of benzene rings is 1. The maximum absolute atomic E-state index is 13.1. The molecule has 0 radical (unpaired) electrons. The van der Waals surface area contributed by atoms with Crippen molar-refractivity contribution in [3.63, 3.8) is 0 Å². The standard InChI is InChI=1S/C25H37N3O3/c1-3-31-22-6-4-21(5-7-22)28-24(29)18-23(25(28)30)27-16-11-20(12-17-27)10-15-26-13-8-19(2)9-14-26/h4-7,19-20,23H,3,8-18H2,1-2H3/t23-/m0/s1. The van der Waals surface area contributed by atoms with Gasteiger partial charge in [0.15, 0.2) is 0 Å². The van der Waals surface area contributed by atoms with Crippen LogP contribution < -0.4 is 9.64 Å². The number of imide groups is 1. The van der Waals surface area contributed by atoms with Crippen molar-refractivity contribution in [2.45, 2.75) is 58.4 Å². The maximum Gasteiger partial charge on any atom is 0.251 e. The largest absolute Gasteiger partial charge is 0.494 e. The number of piperidine rings is 2. The fraction of sp³-hybridized carbons (Fsp3) is 0.680. The third kappa shape index (κ3) is 5.29. The van der Waals surface area contributed by atoms with Gasteiger partial charge < -0.3 is 9.64 Å². The number of nitrogens with zero attached hydrogens (tertiary/aromatic N) is 3. The van der Waals surface area contributed by atoms with Crippen LogP contribution in [-0.4, -0.2) is 67.0 Å². The molecule has 1 aromatic rings. The van der Waals surface area contributed by atoms with Crippen LogP contribution in [-0.2, 0) is 9.59 Å². The predicted octanol–water partition coefficient (Wildman–Crippen LogP) is 3.55. The Morgan fingerprint density at radius 1 is 0.968 bits per heavy atom. The summed E-state index contributed by atoms with van der Waals surface area (Å²) in [6.07, 6.45) is 6.49. The van der Waals surface area contributed by atoms with Crippen LogP contribution in [0.3, 0.4) is 0 Å². The summed E-state index contributed by atoms with van der Waals surface area (Å²) >= 11 is 0. The van der Waals surface area contributed by atoms with Gasteiger partial charge in [-0.3, -0.25) is 14.5 Å². The van der Waals surface area contributed by atoms with Crippen molar-refractivity contribution in [2.24, 2.45) is 11.8 Å². The lowest BCUT2D eigenvalue weighted by molar-refractivity contribution is -0.123. The highest BCUT2D eigenvalue weighted by atomic mass is 16.5. The van der Waals surface area contributed by atoms with E-state index >= 15 is 0 Å². The lowest BCUT2D eigenvalue weighted by atomic mass is 9.91. The minimum Gasteiger partial charge on any atom is -0.494 e. The molecule has 3 aliphatic rings. The number of amides is 2. The van der Waals surface area contributed by atoms with Crippen LogP contribution in [0.15, 0.2) is 24.3 Å². The normalized spacial score (nSPS) is 24.8. The quantitative estimate of drug-likeness (QED) is 0.623. The van der Waals surface area contributed by atoms with Gasteiger partial charge in [0, 0.05) is 0 Å². The van der Waals surface area contributed by atoms with Crippen molar-refractivity contribution < 1.29 is 14.3 Å². The molecule has 0 N–H and O–H groups in total. The Kier molecular flexibility index (Phi) is 7.28. The van der Waals surface area contributed by atoms with E-state index in [0.717, 1.165) is 43.5 Å². The number of anilines is 1. The second-order valence-corrected chi connectivity index (χ2v) is 9.51. The summed E-state index contributed by atoms with van der Waals surface area (Å²) in [5.74, 6) is 2.21. The molecular formula is C25H37N3O3. The Hall–Kier alpha value is -1.92. The first-order valence-corrected chi connectivity index (χ1v) is 12.1. The highest BCUT2D eigenvalue weighted by Crippen LogP contribution is 2.30. The summed E-state index contributed by atoms with van der Waals surface area (Å²) < 4.78 is 5.47. The molecule has 1 aromatic carbocycles. The van der Waals surface area contributed by atoms with E-state index in [2.05, 4.69) is 16.7 Å². The van der Waals surface area contributed by atoms with Gasteiger partial charge >= 0.3 is 0 Å². The molecule has 3 saturated heterocycles. The molecule has 4 rings (SSSR count). The van der Waals surface area contributed by atoms with Crippen molar-refractivity contribution in [1.29, 1.82) is 0 Å². The molecule has 0 aromatic heterocycles. The first-order chi connectivity index (χ1) is 15.0. The van der Waals surface area contributed by atoms with Gasteiger partial charge in [-0.05, 0) is 108 Å². The Morgan fingerprint density at radius 3 is 2.29 bits per heavy atom. The summed E-state index contributed by atoms with van der Waals surface area (Å²) in [6, 6.07) is 6.94. The number of hydrogen-bond acceptors (Lipinski definition) is 5. The molecule has 2 amide bonds. The molecule has 31 heavy (non-hydrogen) atoms. The molecular weight excluding hydrogens is 390 g/mol. The van der Waals surface area contributed by atoms with E-state index in [1.165, 1.54) is 43.8 Å². The van der Waals surface area contributed by atoms with E-state index < -0.39 is 0 Å². The highest BCUT2D eigenvalue weighted by molar-refractivity contribution is 6.22. The second-order valence-electron chi connectivity index (χ2n) is 9.51. The molecule has 3 aliphatic heterocycles. The molecule has 3 heterocycles. The predicted molar refractivity (Wildman–Crippen MR) is 122 cm³/mol. The van der Waals surface area contributed by atoms with Gasteiger partial charge in [0.1, 0.15) is 5.75 Å². The van der Waals surface area contributed by atoms with Gasteiger partial charge in [-0.25, -0.2) is 4.90 Å². The van der Waals surface area contributed by atoms with Crippen LogP contribution in [0.25, 0.3) is 0 Å². The van der Waals surface area contributed by atoms with E-state index in [4.69, 9.17) is 4.74 Å². The second kappa shape index (κ2) is 10.1. The van der Waals surface area contributed by atoms with Crippen molar-refractivity contribution in [3.8, 4) is 5.75 Å². The van der Waals surface area contributed by atoms with Crippen molar-refractivity contribution in [2.75, 3.05) is 44.2 Å². The van der Waals surface area contributed by atoms with Crippen LogP contribution in [0, 0.1) is 11.8 Å². The van der Waals surface area contributed by atoms with Gasteiger partial charge in [-0.1, -0.05) is 6.92 Å². The number of likely N-dealkylation sites (tertiary alicyclic amines) is 2.